The van der Waals surface area contributed by atoms with Crippen LogP contribution in [0.3, 0.4) is 0 Å². The molecule has 3 rings (SSSR count). The molecule has 0 atom stereocenters. The molecule has 4 N–H and O–H groups in total. The van der Waals surface area contributed by atoms with Crippen LogP contribution >= 0.6 is 7.92 Å². The molecule has 0 spiro atoms. The van der Waals surface area contributed by atoms with Crippen molar-refractivity contribution in [2.24, 2.45) is 0 Å². The number of hydrogen-bond acceptors (Lipinski definition) is 2. The summed E-state index contributed by atoms with van der Waals surface area (Å²) in [5.74, 6) is 0. The third-order valence-corrected chi connectivity index (χ3v) is 7.03. The molecule has 0 aliphatic carbocycles. The minimum Gasteiger partial charge on any atom is -0.398 e. The number of nitrogen functional groups attached to an aromatic ring is 2. The highest BCUT2D eigenvalue weighted by atomic mass is 31.1. The molecule has 0 aromatic heterocycles. The van der Waals surface area contributed by atoms with Crippen LogP contribution in [0.5, 0.6) is 0 Å². The van der Waals surface area contributed by atoms with Crippen molar-refractivity contribution in [1.29, 1.82) is 0 Å². The summed E-state index contributed by atoms with van der Waals surface area (Å²) >= 11 is 0. The van der Waals surface area contributed by atoms with E-state index in [0.717, 1.165) is 22.5 Å². The number of hydrogen-bond donors (Lipinski definition) is 2. The highest BCUT2D eigenvalue weighted by Gasteiger charge is 2.23. The Labute approximate surface area is 151 Å². The third kappa shape index (κ3) is 3.41. The molecule has 0 unspecified atom stereocenters. The molecular formula is C22H25N2P. The predicted octanol–water partition coefficient (Wildman–Crippen LogP) is 3.84. The number of nitrogens with two attached hydrogens (primary N) is 2. The van der Waals surface area contributed by atoms with Crippen LogP contribution in [-0.2, 0) is 0 Å². The summed E-state index contributed by atoms with van der Waals surface area (Å²) in [4.78, 5) is 0. The largest absolute Gasteiger partial charge is 0.398 e. The van der Waals surface area contributed by atoms with Crippen molar-refractivity contribution >= 4 is 35.2 Å². The quantitative estimate of drug-likeness (QED) is 0.558. The van der Waals surface area contributed by atoms with E-state index in [1.54, 1.807) is 0 Å². The normalized spacial score (nSPS) is 11.1. The Morgan fingerprint density at radius 2 is 1.08 bits per heavy atom. The maximum Gasteiger partial charge on any atom is 0.0428 e. The summed E-state index contributed by atoms with van der Waals surface area (Å²) in [6, 6.07) is 19.3. The fraction of sp³-hybridized carbons (Fsp3) is 0.182. The van der Waals surface area contributed by atoms with Gasteiger partial charge >= 0.3 is 0 Å². The topological polar surface area (TPSA) is 52.0 Å². The molecule has 128 valence electrons. The first-order valence-electron chi connectivity index (χ1n) is 8.47. The Morgan fingerprint density at radius 3 is 1.52 bits per heavy atom. The molecule has 0 aliphatic heterocycles. The maximum absolute atomic E-state index is 6.53. The van der Waals surface area contributed by atoms with Crippen molar-refractivity contribution in [2.45, 2.75) is 27.7 Å². The highest BCUT2D eigenvalue weighted by molar-refractivity contribution is 7.80. The van der Waals surface area contributed by atoms with Crippen LogP contribution in [-0.4, -0.2) is 0 Å². The van der Waals surface area contributed by atoms with Crippen molar-refractivity contribution < 1.29 is 0 Å². The van der Waals surface area contributed by atoms with Crippen molar-refractivity contribution in [3.63, 3.8) is 0 Å². The van der Waals surface area contributed by atoms with Crippen LogP contribution in [0.4, 0.5) is 11.4 Å². The SMILES string of the molecule is Cc1cc(C)c(N)c(P(c2ccccc2)c2cc(C)cc(C)c2N)c1. The van der Waals surface area contributed by atoms with Crippen LogP contribution in [0.1, 0.15) is 22.3 Å². The summed E-state index contributed by atoms with van der Waals surface area (Å²) in [6.45, 7) is 8.41. The Balaban J connectivity index is 2.34. The summed E-state index contributed by atoms with van der Waals surface area (Å²) in [6.07, 6.45) is 0. The minimum absolute atomic E-state index is 0.802. The Bertz CT molecular complexity index is 860. The molecule has 3 aromatic rings. The third-order valence-electron chi connectivity index (χ3n) is 4.51. The van der Waals surface area contributed by atoms with E-state index in [-0.39, 0.29) is 0 Å². The van der Waals surface area contributed by atoms with E-state index in [4.69, 9.17) is 11.5 Å². The van der Waals surface area contributed by atoms with E-state index in [9.17, 15) is 0 Å². The molecule has 0 heterocycles. The molecule has 25 heavy (non-hydrogen) atoms. The van der Waals surface area contributed by atoms with E-state index in [0.29, 0.717) is 0 Å². The number of anilines is 2. The second-order valence-corrected chi connectivity index (χ2v) is 8.85. The molecule has 0 amide bonds. The van der Waals surface area contributed by atoms with Gasteiger partial charge in [0.15, 0.2) is 0 Å². The second kappa shape index (κ2) is 6.90. The van der Waals surface area contributed by atoms with Gasteiger partial charge in [0, 0.05) is 22.0 Å². The lowest BCUT2D eigenvalue weighted by Crippen LogP contribution is -2.26. The average Bonchev–Trinajstić information content (AvgIpc) is 2.57. The van der Waals surface area contributed by atoms with Gasteiger partial charge in [0.2, 0.25) is 0 Å². The van der Waals surface area contributed by atoms with Crippen LogP contribution in [0.25, 0.3) is 0 Å². The summed E-state index contributed by atoms with van der Waals surface area (Å²) < 4.78 is 0. The Kier molecular flexibility index (Phi) is 4.83. The monoisotopic (exact) mass is 348 g/mol. The number of rotatable bonds is 3. The average molecular weight is 348 g/mol. The maximum atomic E-state index is 6.53. The van der Waals surface area contributed by atoms with Crippen molar-refractivity contribution in [1.82, 2.24) is 0 Å². The zero-order valence-electron chi connectivity index (χ0n) is 15.3. The summed E-state index contributed by atoms with van der Waals surface area (Å²) in [5, 5.41) is 3.65. The van der Waals surface area contributed by atoms with Gasteiger partial charge in [-0.1, -0.05) is 53.6 Å². The number of benzene rings is 3. The lowest BCUT2D eigenvalue weighted by atomic mass is 10.1. The van der Waals surface area contributed by atoms with Crippen LogP contribution in [0.2, 0.25) is 0 Å². The molecule has 0 saturated heterocycles. The van der Waals surface area contributed by atoms with Gasteiger partial charge in [0.25, 0.3) is 0 Å². The lowest BCUT2D eigenvalue weighted by Gasteiger charge is -2.25. The standard InChI is InChI=1S/C22H25N2P/c1-14-10-16(3)21(23)19(12-14)25(18-8-6-5-7-9-18)20-13-15(2)11-17(4)22(20)24/h5-13H,23-24H2,1-4H3. The van der Waals surface area contributed by atoms with Gasteiger partial charge in [0.05, 0.1) is 0 Å². The summed E-state index contributed by atoms with van der Waals surface area (Å²) in [5.41, 5.74) is 19.5. The summed E-state index contributed by atoms with van der Waals surface area (Å²) in [7, 11) is -0.802. The molecule has 2 nitrogen and oxygen atoms in total. The van der Waals surface area contributed by atoms with Crippen LogP contribution < -0.4 is 27.4 Å². The van der Waals surface area contributed by atoms with Gasteiger partial charge in [-0.15, -0.1) is 0 Å². The molecular weight excluding hydrogens is 323 g/mol. The van der Waals surface area contributed by atoms with Gasteiger partial charge in [0.1, 0.15) is 0 Å². The fourth-order valence-electron chi connectivity index (χ4n) is 3.27. The van der Waals surface area contributed by atoms with Crippen molar-refractivity contribution in [2.75, 3.05) is 11.5 Å². The minimum atomic E-state index is -0.802. The first-order chi connectivity index (χ1) is 11.9. The molecule has 0 saturated carbocycles. The van der Waals surface area contributed by atoms with E-state index < -0.39 is 7.92 Å². The van der Waals surface area contributed by atoms with E-state index >= 15 is 0 Å². The number of aryl methyl sites for hydroxylation is 4. The second-order valence-electron chi connectivity index (χ2n) is 6.70. The van der Waals surface area contributed by atoms with Gasteiger partial charge < -0.3 is 11.5 Å². The molecule has 0 fully saturated rings. The molecule has 0 aliphatic rings. The first-order valence-corrected chi connectivity index (χ1v) is 9.81. The molecule has 0 bridgehead atoms. The van der Waals surface area contributed by atoms with E-state index in [2.05, 4.69) is 76.2 Å². The van der Waals surface area contributed by atoms with E-state index in [1.807, 2.05) is 6.07 Å². The Hall–Kier alpha value is -2.31. The zero-order valence-corrected chi connectivity index (χ0v) is 16.2. The Morgan fingerprint density at radius 1 is 0.640 bits per heavy atom. The van der Waals surface area contributed by atoms with Crippen molar-refractivity contribution in [3.8, 4) is 0 Å². The van der Waals surface area contributed by atoms with Gasteiger partial charge in [-0.3, -0.25) is 0 Å². The predicted molar refractivity (Wildman–Crippen MR) is 113 cm³/mol. The first kappa shape index (κ1) is 17.5. The van der Waals surface area contributed by atoms with Crippen LogP contribution in [0.15, 0.2) is 54.6 Å². The van der Waals surface area contributed by atoms with Gasteiger partial charge in [-0.05, 0) is 64.2 Å². The van der Waals surface area contributed by atoms with Crippen molar-refractivity contribution in [3.05, 3.63) is 76.9 Å². The molecule has 3 aromatic carbocycles. The van der Waals surface area contributed by atoms with Gasteiger partial charge in [-0.2, -0.15) is 0 Å². The zero-order chi connectivity index (χ0) is 18.1. The lowest BCUT2D eigenvalue weighted by molar-refractivity contribution is 1.40. The smallest absolute Gasteiger partial charge is 0.0428 e. The molecule has 3 heteroatoms. The molecule has 0 radical (unpaired) electrons. The fourth-order valence-corrected chi connectivity index (χ4v) is 6.05. The van der Waals surface area contributed by atoms with Gasteiger partial charge in [-0.25, -0.2) is 0 Å². The highest BCUT2D eigenvalue weighted by Crippen LogP contribution is 2.39. The van der Waals surface area contributed by atoms with Crippen LogP contribution in [0, 0.1) is 27.7 Å². The van der Waals surface area contributed by atoms with E-state index in [1.165, 1.54) is 27.0 Å².